The number of hydrogen-bond acceptors (Lipinski definition) is 3. The highest BCUT2D eigenvalue weighted by atomic mass is 16.5. The molecule has 0 aliphatic heterocycles. The summed E-state index contributed by atoms with van der Waals surface area (Å²) >= 11 is 0. The molecule has 0 radical (unpaired) electrons. The van der Waals surface area contributed by atoms with Gasteiger partial charge in [-0.1, -0.05) is 30.3 Å². The van der Waals surface area contributed by atoms with Gasteiger partial charge in [0.15, 0.2) is 0 Å². The molecule has 0 N–H and O–H groups in total. The van der Waals surface area contributed by atoms with E-state index in [4.69, 9.17) is 9.72 Å². The number of benzene rings is 2. The van der Waals surface area contributed by atoms with Crippen molar-refractivity contribution in [2.24, 2.45) is 0 Å². The monoisotopic (exact) mass is 294 g/mol. The maximum Gasteiger partial charge on any atom is 0.338 e. The Labute approximate surface area is 129 Å². The van der Waals surface area contributed by atoms with Gasteiger partial charge in [0.25, 0.3) is 0 Å². The molecule has 0 spiro atoms. The number of hydrogen-bond donors (Lipinski definition) is 0. The molecule has 0 aliphatic carbocycles. The van der Waals surface area contributed by atoms with Crippen molar-refractivity contribution in [2.75, 3.05) is 6.61 Å². The van der Waals surface area contributed by atoms with Crippen LogP contribution in [0.1, 0.15) is 24.2 Å². The van der Waals surface area contributed by atoms with Crippen LogP contribution in [0.15, 0.2) is 48.5 Å². The van der Waals surface area contributed by atoms with Gasteiger partial charge in [-0.15, -0.1) is 0 Å². The predicted molar refractivity (Wildman–Crippen MR) is 86.8 cm³/mol. The second-order valence-corrected chi connectivity index (χ2v) is 4.97. The first-order valence-electron chi connectivity index (χ1n) is 7.47. The van der Waals surface area contributed by atoms with Crippen molar-refractivity contribution >= 4 is 17.0 Å². The zero-order valence-electron chi connectivity index (χ0n) is 12.7. The van der Waals surface area contributed by atoms with E-state index in [1.165, 1.54) is 0 Å². The standard InChI is InChI=1S/C18H18N2O2/c1-3-20-16-11-10-14(18(21)22-4-2)12-15(16)19-17(20)13-8-6-5-7-9-13/h5-12H,3-4H2,1-2H3. The van der Waals surface area contributed by atoms with E-state index in [1.807, 2.05) is 36.4 Å². The molecule has 1 aromatic heterocycles. The van der Waals surface area contributed by atoms with Crippen LogP contribution in [-0.4, -0.2) is 22.1 Å². The van der Waals surface area contributed by atoms with E-state index in [9.17, 15) is 4.79 Å². The summed E-state index contributed by atoms with van der Waals surface area (Å²) in [7, 11) is 0. The van der Waals surface area contributed by atoms with Gasteiger partial charge in [-0.2, -0.15) is 0 Å². The van der Waals surface area contributed by atoms with Gasteiger partial charge in [-0.25, -0.2) is 9.78 Å². The molecule has 0 saturated carbocycles. The van der Waals surface area contributed by atoms with Crippen LogP contribution in [0.2, 0.25) is 0 Å². The zero-order valence-corrected chi connectivity index (χ0v) is 12.7. The molecule has 4 heteroatoms. The molecule has 22 heavy (non-hydrogen) atoms. The Morgan fingerprint density at radius 1 is 1.14 bits per heavy atom. The van der Waals surface area contributed by atoms with Crippen LogP contribution in [0.25, 0.3) is 22.4 Å². The van der Waals surface area contributed by atoms with Crippen molar-refractivity contribution in [3.8, 4) is 11.4 Å². The molecule has 0 unspecified atom stereocenters. The van der Waals surface area contributed by atoms with Crippen LogP contribution in [0, 0.1) is 0 Å². The zero-order chi connectivity index (χ0) is 15.5. The van der Waals surface area contributed by atoms with Crippen molar-refractivity contribution in [3.05, 3.63) is 54.1 Å². The smallest absolute Gasteiger partial charge is 0.338 e. The molecule has 4 nitrogen and oxygen atoms in total. The van der Waals surface area contributed by atoms with Gasteiger partial charge in [0.2, 0.25) is 0 Å². The summed E-state index contributed by atoms with van der Waals surface area (Å²) in [6, 6.07) is 15.6. The summed E-state index contributed by atoms with van der Waals surface area (Å²) in [6.45, 7) is 5.08. The number of imidazole rings is 1. The Hall–Kier alpha value is -2.62. The number of rotatable bonds is 4. The van der Waals surface area contributed by atoms with Gasteiger partial charge in [0.05, 0.1) is 23.2 Å². The number of ether oxygens (including phenoxy) is 1. The molecule has 0 amide bonds. The van der Waals surface area contributed by atoms with Gasteiger partial charge in [0.1, 0.15) is 5.82 Å². The quantitative estimate of drug-likeness (QED) is 0.685. The highest BCUT2D eigenvalue weighted by Crippen LogP contribution is 2.25. The number of aromatic nitrogens is 2. The lowest BCUT2D eigenvalue weighted by Crippen LogP contribution is -2.04. The Morgan fingerprint density at radius 2 is 1.91 bits per heavy atom. The van der Waals surface area contributed by atoms with Crippen LogP contribution in [-0.2, 0) is 11.3 Å². The molecule has 3 rings (SSSR count). The number of fused-ring (bicyclic) bond motifs is 1. The maximum atomic E-state index is 11.9. The van der Waals surface area contributed by atoms with E-state index in [2.05, 4.69) is 11.5 Å². The van der Waals surface area contributed by atoms with Crippen LogP contribution in [0.5, 0.6) is 0 Å². The van der Waals surface area contributed by atoms with Gasteiger partial charge in [0, 0.05) is 12.1 Å². The summed E-state index contributed by atoms with van der Waals surface area (Å²) in [6.07, 6.45) is 0. The third kappa shape index (κ3) is 2.48. The molecule has 3 aromatic rings. The van der Waals surface area contributed by atoms with E-state index in [-0.39, 0.29) is 5.97 Å². The molecule has 0 fully saturated rings. The Balaban J connectivity index is 2.13. The van der Waals surface area contributed by atoms with E-state index < -0.39 is 0 Å². The highest BCUT2D eigenvalue weighted by Gasteiger charge is 2.14. The van der Waals surface area contributed by atoms with Gasteiger partial charge in [-0.05, 0) is 32.0 Å². The molecule has 0 aliphatic rings. The highest BCUT2D eigenvalue weighted by molar-refractivity contribution is 5.94. The first-order chi connectivity index (χ1) is 10.7. The second kappa shape index (κ2) is 6.02. The van der Waals surface area contributed by atoms with E-state index in [1.54, 1.807) is 19.1 Å². The fraction of sp³-hybridized carbons (Fsp3) is 0.222. The lowest BCUT2D eigenvalue weighted by atomic mass is 10.2. The van der Waals surface area contributed by atoms with Crippen molar-refractivity contribution in [1.82, 2.24) is 9.55 Å². The van der Waals surface area contributed by atoms with Gasteiger partial charge < -0.3 is 9.30 Å². The Morgan fingerprint density at radius 3 is 2.59 bits per heavy atom. The van der Waals surface area contributed by atoms with Crippen molar-refractivity contribution in [3.63, 3.8) is 0 Å². The first kappa shape index (κ1) is 14.3. The van der Waals surface area contributed by atoms with E-state index in [0.717, 1.165) is 29.0 Å². The van der Waals surface area contributed by atoms with Gasteiger partial charge >= 0.3 is 5.97 Å². The average molecular weight is 294 g/mol. The minimum Gasteiger partial charge on any atom is -0.462 e. The van der Waals surface area contributed by atoms with Crippen molar-refractivity contribution in [1.29, 1.82) is 0 Å². The number of aryl methyl sites for hydroxylation is 1. The van der Waals surface area contributed by atoms with Crippen molar-refractivity contribution in [2.45, 2.75) is 20.4 Å². The van der Waals surface area contributed by atoms with Crippen molar-refractivity contribution < 1.29 is 9.53 Å². The lowest BCUT2D eigenvalue weighted by Gasteiger charge is -2.06. The summed E-state index contributed by atoms with van der Waals surface area (Å²) in [5.74, 6) is 0.607. The minimum absolute atomic E-state index is 0.309. The number of nitrogens with zero attached hydrogens (tertiary/aromatic N) is 2. The number of esters is 1. The average Bonchev–Trinajstić information content (AvgIpc) is 2.93. The molecule has 2 aromatic carbocycles. The summed E-state index contributed by atoms with van der Waals surface area (Å²) < 4.78 is 7.20. The number of carbonyl (C=O) groups is 1. The second-order valence-electron chi connectivity index (χ2n) is 4.97. The normalized spacial score (nSPS) is 10.8. The molecule has 112 valence electrons. The number of carbonyl (C=O) groups excluding carboxylic acids is 1. The fourth-order valence-electron chi connectivity index (χ4n) is 2.60. The SMILES string of the molecule is CCOC(=O)c1ccc2c(c1)nc(-c1ccccc1)n2CC. The largest absolute Gasteiger partial charge is 0.462 e. The maximum absolute atomic E-state index is 11.9. The summed E-state index contributed by atoms with van der Waals surface area (Å²) in [5, 5.41) is 0. The Kier molecular flexibility index (Phi) is 3.92. The molecular weight excluding hydrogens is 276 g/mol. The third-order valence-electron chi connectivity index (χ3n) is 3.61. The minimum atomic E-state index is -0.309. The van der Waals surface area contributed by atoms with Crippen LogP contribution in [0.4, 0.5) is 0 Å². The molecule has 0 bridgehead atoms. The van der Waals surface area contributed by atoms with E-state index >= 15 is 0 Å². The fourth-order valence-corrected chi connectivity index (χ4v) is 2.60. The Bertz CT molecular complexity index is 807. The summed E-state index contributed by atoms with van der Waals surface area (Å²) in [5.41, 5.74) is 3.44. The predicted octanol–water partition coefficient (Wildman–Crippen LogP) is 3.90. The molecular formula is C18H18N2O2. The van der Waals surface area contributed by atoms with Gasteiger partial charge in [-0.3, -0.25) is 0 Å². The molecule has 1 heterocycles. The summed E-state index contributed by atoms with van der Waals surface area (Å²) in [4.78, 5) is 16.6. The van der Waals surface area contributed by atoms with Crippen LogP contribution < -0.4 is 0 Å². The van der Waals surface area contributed by atoms with Crippen LogP contribution >= 0.6 is 0 Å². The first-order valence-corrected chi connectivity index (χ1v) is 7.47. The third-order valence-corrected chi connectivity index (χ3v) is 3.61. The lowest BCUT2D eigenvalue weighted by molar-refractivity contribution is 0.0526. The molecule has 0 atom stereocenters. The molecule has 0 saturated heterocycles. The van der Waals surface area contributed by atoms with Crippen LogP contribution in [0.3, 0.4) is 0 Å². The topological polar surface area (TPSA) is 44.1 Å². The van der Waals surface area contributed by atoms with E-state index in [0.29, 0.717) is 12.2 Å².